The zero-order chi connectivity index (χ0) is 18.0. The Kier molecular flexibility index (Phi) is 5.24. The molecule has 0 aromatic heterocycles. The Labute approximate surface area is 162 Å². The van der Waals surface area contributed by atoms with E-state index in [1.54, 1.807) is 19.1 Å². The number of benzene rings is 2. The minimum absolute atomic E-state index is 0.266. The first kappa shape index (κ1) is 17.7. The molecule has 3 rings (SSSR count). The molecule has 0 radical (unpaired) electrons. The molecule has 2 aromatic rings. The Hall–Kier alpha value is -2.12. The highest BCUT2D eigenvalue weighted by molar-refractivity contribution is 9.10. The van der Waals surface area contributed by atoms with Gasteiger partial charge >= 0.3 is 6.03 Å². The summed E-state index contributed by atoms with van der Waals surface area (Å²) in [7, 11) is 0. The molecule has 7 heteroatoms. The van der Waals surface area contributed by atoms with E-state index in [0.29, 0.717) is 17.0 Å². The molecule has 1 aliphatic rings. The van der Waals surface area contributed by atoms with Gasteiger partial charge in [-0.3, -0.25) is 4.79 Å². The molecule has 0 saturated heterocycles. The molecule has 0 saturated carbocycles. The molecule has 1 unspecified atom stereocenters. The van der Waals surface area contributed by atoms with Crippen molar-refractivity contribution in [3.63, 3.8) is 0 Å². The van der Waals surface area contributed by atoms with Gasteiger partial charge in [-0.2, -0.15) is 0 Å². The maximum absolute atomic E-state index is 12.9. The van der Waals surface area contributed by atoms with Crippen LogP contribution in [-0.2, 0) is 4.79 Å². The third-order valence-corrected chi connectivity index (χ3v) is 4.82. The van der Waals surface area contributed by atoms with E-state index in [-0.39, 0.29) is 11.9 Å². The summed E-state index contributed by atoms with van der Waals surface area (Å²) in [5.41, 5.74) is 2.51. The quantitative estimate of drug-likeness (QED) is 0.626. The van der Waals surface area contributed by atoms with E-state index in [4.69, 9.17) is 0 Å². The number of rotatable bonds is 3. The van der Waals surface area contributed by atoms with Crippen LogP contribution in [0.15, 0.2) is 68.7 Å². The van der Waals surface area contributed by atoms with Gasteiger partial charge in [-0.15, -0.1) is 0 Å². The van der Waals surface area contributed by atoms with Gasteiger partial charge in [0.25, 0.3) is 5.91 Å². The lowest BCUT2D eigenvalue weighted by Crippen LogP contribution is -2.45. The van der Waals surface area contributed by atoms with Crippen LogP contribution >= 0.6 is 31.9 Å². The Morgan fingerprint density at radius 2 is 1.80 bits per heavy atom. The summed E-state index contributed by atoms with van der Waals surface area (Å²) in [6, 6.07) is 14.0. The predicted octanol–water partition coefficient (Wildman–Crippen LogP) is 4.48. The van der Waals surface area contributed by atoms with Crippen molar-refractivity contribution in [2.45, 2.75) is 13.0 Å². The van der Waals surface area contributed by atoms with Crippen molar-refractivity contribution >= 4 is 49.5 Å². The van der Waals surface area contributed by atoms with Gasteiger partial charge in [0.1, 0.15) is 0 Å². The van der Waals surface area contributed by atoms with Gasteiger partial charge in [-0.25, -0.2) is 4.79 Å². The van der Waals surface area contributed by atoms with Crippen molar-refractivity contribution in [3.8, 4) is 0 Å². The summed E-state index contributed by atoms with van der Waals surface area (Å²) in [5.74, 6) is -0.266. The van der Waals surface area contributed by atoms with Crippen molar-refractivity contribution in [2.24, 2.45) is 0 Å². The number of urea groups is 1. The Morgan fingerprint density at radius 3 is 2.48 bits per heavy atom. The van der Waals surface area contributed by atoms with Gasteiger partial charge in [-0.05, 0) is 48.9 Å². The number of halogens is 2. The summed E-state index contributed by atoms with van der Waals surface area (Å²) >= 11 is 6.79. The summed E-state index contributed by atoms with van der Waals surface area (Å²) < 4.78 is 1.81. The van der Waals surface area contributed by atoms with Crippen LogP contribution in [0.2, 0.25) is 0 Å². The third kappa shape index (κ3) is 4.11. The first-order chi connectivity index (χ1) is 11.9. The van der Waals surface area contributed by atoms with E-state index in [9.17, 15) is 9.59 Å². The van der Waals surface area contributed by atoms with E-state index in [1.807, 2.05) is 36.4 Å². The Morgan fingerprint density at radius 1 is 1.08 bits per heavy atom. The van der Waals surface area contributed by atoms with E-state index in [0.717, 1.165) is 14.5 Å². The zero-order valence-electron chi connectivity index (χ0n) is 13.3. The third-order valence-electron chi connectivity index (χ3n) is 3.80. The molecule has 0 aliphatic carbocycles. The number of hydrogen-bond acceptors (Lipinski definition) is 2. The number of nitrogens with one attached hydrogen (secondary N) is 3. The number of hydrogen-bond donors (Lipinski definition) is 3. The van der Waals surface area contributed by atoms with Crippen molar-refractivity contribution < 1.29 is 9.59 Å². The molecule has 0 spiro atoms. The van der Waals surface area contributed by atoms with Crippen molar-refractivity contribution in [2.75, 3.05) is 5.32 Å². The van der Waals surface area contributed by atoms with Crippen molar-refractivity contribution in [3.05, 3.63) is 74.3 Å². The molecule has 128 valence electrons. The normalized spacial score (nSPS) is 16.9. The summed E-state index contributed by atoms with van der Waals surface area (Å²) in [6.07, 6.45) is 0. The Bertz CT molecular complexity index is 863. The smallest absolute Gasteiger partial charge is 0.319 e. The minimum atomic E-state index is -0.526. The topological polar surface area (TPSA) is 70.2 Å². The molecule has 1 heterocycles. The van der Waals surface area contributed by atoms with Crippen LogP contribution in [-0.4, -0.2) is 11.9 Å². The molecular weight excluding hydrogens is 450 g/mol. The van der Waals surface area contributed by atoms with Crippen LogP contribution in [0.4, 0.5) is 10.5 Å². The van der Waals surface area contributed by atoms with Gasteiger partial charge < -0.3 is 16.0 Å². The van der Waals surface area contributed by atoms with Crippen molar-refractivity contribution in [1.29, 1.82) is 0 Å². The van der Waals surface area contributed by atoms with Crippen LogP contribution in [0, 0.1) is 0 Å². The second kappa shape index (κ2) is 7.41. The lowest BCUT2D eigenvalue weighted by atomic mass is 9.95. The predicted molar refractivity (Wildman–Crippen MR) is 104 cm³/mol. The minimum Gasteiger partial charge on any atom is -0.327 e. The molecule has 2 aromatic carbocycles. The largest absolute Gasteiger partial charge is 0.327 e. The molecule has 5 nitrogen and oxygen atoms in total. The van der Waals surface area contributed by atoms with Gasteiger partial charge in [0.2, 0.25) is 0 Å². The Balaban J connectivity index is 1.94. The molecule has 0 bridgehead atoms. The molecule has 1 atom stereocenters. The molecular formula is C18H15Br2N3O2. The zero-order valence-corrected chi connectivity index (χ0v) is 16.4. The first-order valence-corrected chi connectivity index (χ1v) is 9.13. The first-order valence-electron chi connectivity index (χ1n) is 7.54. The lowest BCUT2D eigenvalue weighted by Gasteiger charge is -2.28. The standard InChI is InChI=1S/C18H15Br2N3O2/c1-10-15(17(24)22-14-7-5-12(19)6-8-14)16(23-18(25)21-10)11-3-2-4-13(20)9-11/h2-9,16H,1H3,(H,22,24)(H2,21,23,25). The molecule has 3 amide bonds. The van der Waals surface area contributed by atoms with E-state index >= 15 is 0 Å². The lowest BCUT2D eigenvalue weighted by molar-refractivity contribution is -0.113. The molecule has 0 fully saturated rings. The average molecular weight is 465 g/mol. The maximum Gasteiger partial charge on any atom is 0.319 e. The van der Waals surface area contributed by atoms with E-state index in [1.165, 1.54) is 0 Å². The second-order valence-electron chi connectivity index (χ2n) is 5.59. The highest BCUT2D eigenvalue weighted by atomic mass is 79.9. The van der Waals surface area contributed by atoms with Gasteiger partial charge in [0.15, 0.2) is 0 Å². The second-order valence-corrected chi connectivity index (χ2v) is 7.42. The summed E-state index contributed by atoms with van der Waals surface area (Å²) in [4.78, 5) is 24.8. The van der Waals surface area contributed by atoms with Crippen LogP contribution in [0.25, 0.3) is 0 Å². The van der Waals surface area contributed by atoms with Gasteiger partial charge in [0.05, 0.1) is 11.6 Å². The van der Waals surface area contributed by atoms with Gasteiger partial charge in [0, 0.05) is 20.3 Å². The molecule has 3 N–H and O–H groups in total. The van der Waals surface area contributed by atoms with Gasteiger partial charge in [-0.1, -0.05) is 44.0 Å². The van der Waals surface area contributed by atoms with E-state index < -0.39 is 6.04 Å². The fourth-order valence-electron chi connectivity index (χ4n) is 2.66. The molecule has 25 heavy (non-hydrogen) atoms. The van der Waals surface area contributed by atoms with E-state index in [2.05, 4.69) is 47.8 Å². The highest BCUT2D eigenvalue weighted by Crippen LogP contribution is 2.29. The monoisotopic (exact) mass is 463 g/mol. The van der Waals surface area contributed by atoms with Crippen LogP contribution < -0.4 is 16.0 Å². The number of allylic oxidation sites excluding steroid dienone is 1. The number of anilines is 1. The highest BCUT2D eigenvalue weighted by Gasteiger charge is 2.31. The van der Waals surface area contributed by atoms with Crippen LogP contribution in [0.5, 0.6) is 0 Å². The maximum atomic E-state index is 12.9. The van der Waals surface area contributed by atoms with Crippen LogP contribution in [0.1, 0.15) is 18.5 Å². The fraction of sp³-hybridized carbons (Fsp3) is 0.111. The molecule has 1 aliphatic heterocycles. The summed E-state index contributed by atoms with van der Waals surface area (Å²) in [5, 5.41) is 8.37. The number of amides is 3. The van der Waals surface area contributed by atoms with Crippen LogP contribution in [0.3, 0.4) is 0 Å². The number of carbonyl (C=O) groups excluding carboxylic acids is 2. The fourth-order valence-corrected chi connectivity index (χ4v) is 3.34. The summed E-state index contributed by atoms with van der Waals surface area (Å²) in [6.45, 7) is 1.72. The SMILES string of the molecule is CC1=C(C(=O)Nc2ccc(Br)cc2)C(c2cccc(Br)c2)NC(=O)N1. The average Bonchev–Trinajstić information content (AvgIpc) is 2.56. The number of carbonyl (C=O) groups is 2. The van der Waals surface area contributed by atoms with Crippen molar-refractivity contribution in [1.82, 2.24) is 10.6 Å².